The van der Waals surface area contributed by atoms with E-state index >= 15 is 4.39 Å². The molecule has 4 rings (SSSR count). The zero-order valence-corrected chi connectivity index (χ0v) is 16.7. The molecule has 1 saturated heterocycles. The van der Waals surface area contributed by atoms with Crippen LogP contribution in [0.15, 0.2) is 42.6 Å². The fourth-order valence-corrected chi connectivity index (χ4v) is 3.42. The predicted molar refractivity (Wildman–Crippen MR) is 107 cm³/mol. The normalized spacial score (nSPS) is 17.8. The summed E-state index contributed by atoms with van der Waals surface area (Å²) in [7, 11) is -0.806. The van der Waals surface area contributed by atoms with E-state index < -0.39 is 35.8 Å². The number of pyridine rings is 1. The van der Waals surface area contributed by atoms with Crippen molar-refractivity contribution < 1.29 is 22.5 Å². The first-order chi connectivity index (χ1) is 13.6. The zero-order chi connectivity index (χ0) is 21.0. The third kappa shape index (κ3) is 3.65. The molecule has 1 fully saturated rings. The molecule has 1 aliphatic heterocycles. The number of rotatable bonds is 3. The van der Waals surface area contributed by atoms with E-state index in [0.29, 0.717) is 27.5 Å². The van der Waals surface area contributed by atoms with Crippen LogP contribution in [0, 0.1) is 17.5 Å². The number of nitrogens with zero attached hydrogens (tertiary/aromatic N) is 1. The van der Waals surface area contributed by atoms with Crippen LogP contribution in [0.3, 0.4) is 0 Å². The Balaban J connectivity index is 1.65. The van der Waals surface area contributed by atoms with E-state index in [0.717, 1.165) is 6.07 Å². The van der Waals surface area contributed by atoms with Gasteiger partial charge in [0.25, 0.3) is 0 Å². The Hall–Kier alpha value is -2.38. The van der Waals surface area contributed by atoms with Crippen LogP contribution >= 0.6 is 0 Å². The second-order valence-corrected chi connectivity index (χ2v) is 8.41. The third-order valence-corrected chi connectivity index (χ3v) is 5.74. The molecule has 1 aliphatic rings. The van der Waals surface area contributed by atoms with Crippen LogP contribution in [-0.2, 0) is 15.7 Å². The van der Waals surface area contributed by atoms with Crippen molar-refractivity contribution in [2.45, 2.75) is 45.3 Å². The molecule has 7 heteroatoms. The van der Waals surface area contributed by atoms with Crippen molar-refractivity contribution >= 4 is 23.4 Å². The van der Waals surface area contributed by atoms with Crippen molar-refractivity contribution in [3.63, 3.8) is 0 Å². The maximum absolute atomic E-state index is 15.2. The van der Waals surface area contributed by atoms with E-state index in [4.69, 9.17) is 9.31 Å². The minimum absolute atomic E-state index is 0.241. The lowest BCUT2D eigenvalue weighted by molar-refractivity contribution is 0.00578. The monoisotopic (exact) mass is 399 g/mol. The van der Waals surface area contributed by atoms with Gasteiger partial charge in [-0.05, 0) is 56.8 Å². The Morgan fingerprint density at radius 3 is 2.14 bits per heavy atom. The lowest BCUT2D eigenvalue weighted by Crippen LogP contribution is -2.41. The highest BCUT2D eigenvalue weighted by Gasteiger charge is 2.52. The van der Waals surface area contributed by atoms with Crippen molar-refractivity contribution in [3.8, 4) is 0 Å². The fraction of sp³-hybridized carbons (Fsp3) is 0.318. The molecule has 0 aliphatic carbocycles. The number of fused-ring (bicyclic) bond motifs is 1. The summed E-state index contributed by atoms with van der Waals surface area (Å²) in [5.41, 5.74) is 0.231. The number of hydrogen-bond donors (Lipinski definition) is 0. The molecule has 0 saturated carbocycles. The van der Waals surface area contributed by atoms with Gasteiger partial charge in [0.1, 0.15) is 17.5 Å². The first-order valence-corrected chi connectivity index (χ1v) is 9.43. The van der Waals surface area contributed by atoms with Gasteiger partial charge >= 0.3 is 7.12 Å². The molecule has 2 heterocycles. The summed E-state index contributed by atoms with van der Waals surface area (Å²) in [6.07, 6.45) is 1.68. The van der Waals surface area contributed by atoms with Gasteiger partial charge in [0.15, 0.2) is 0 Å². The van der Waals surface area contributed by atoms with Crippen LogP contribution in [0.5, 0.6) is 0 Å². The highest BCUT2D eigenvalue weighted by molar-refractivity contribution is 6.62. The Labute approximate surface area is 168 Å². The average Bonchev–Trinajstić information content (AvgIpc) is 2.81. The number of halogens is 3. The summed E-state index contributed by atoms with van der Waals surface area (Å²) in [6.45, 7) is 7.65. The molecular weight excluding hydrogens is 378 g/mol. The zero-order valence-electron chi connectivity index (χ0n) is 16.7. The van der Waals surface area contributed by atoms with Crippen molar-refractivity contribution in [2.75, 3.05) is 0 Å². The molecule has 0 N–H and O–H groups in total. The summed E-state index contributed by atoms with van der Waals surface area (Å²) < 4.78 is 53.9. The van der Waals surface area contributed by atoms with Gasteiger partial charge < -0.3 is 9.31 Å². The quantitative estimate of drug-likeness (QED) is 0.606. The number of aromatic nitrogens is 1. The maximum Gasteiger partial charge on any atom is 0.497 e. The largest absolute Gasteiger partial charge is 0.497 e. The van der Waals surface area contributed by atoms with Gasteiger partial charge in [-0.25, -0.2) is 13.2 Å². The summed E-state index contributed by atoms with van der Waals surface area (Å²) in [4.78, 5) is 4.28. The van der Waals surface area contributed by atoms with Crippen LogP contribution in [-0.4, -0.2) is 23.3 Å². The maximum atomic E-state index is 15.2. The molecule has 1 aromatic heterocycles. The van der Waals surface area contributed by atoms with E-state index in [1.54, 1.807) is 18.2 Å². The van der Waals surface area contributed by atoms with Gasteiger partial charge in [-0.2, -0.15) is 0 Å². The van der Waals surface area contributed by atoms with Gasteiger partial charge in [-0.1, -0.05) is 12.1 Å². The summed E-state index contributed by atoms with van der Waals surface area (Å²) in [6, 6.07) is 8.48. The van der Waals surface area contributed by atoms with Crippen LogP contribution in [0.1, 0.15) is 39.0 Å². The molecule has 0 amide bonds. The fourth-order valence-electron chi connectivity index (χ4n) is 3.42. The highest BCUT2D eigenvalue weighted by Crippen LogP contribution is 2.37. The van der Waals surface area contributed by atoms with Gasteiger partial charge in [0, 0.05) is 35.2 Å². The lowest BCUT2D eigenvalue weighted by Gasteiger charge is -2.32. The highest BCUT2D eigenvalue weighted by atomic mass is 19.1. The number of hydrogen-bond acceptors (Lipinski definition) is 3. The van der Waals surface area contributed by atoms with Crippen LogP contribution in [0.4, 0.5) is 13.2 Å². The van der Waals surface area contributed by atoms with Crippen molar-refractivity contribution in [1.29, 1.82) is 0 Å². The molecule has 0 unspecified atom stereocenters. The van der Waals surface area contributed by atoms with Gasteiger partial charge in [-0.15, -0.1) is 0 Å². The molecule has 3 nitrogen and oxygen atoms in total. The smallest absolute Gasteiger partial charge is 0.399 e. The number of benzene rings is 2. The van der Waals surface area contributed by atoms with Crippen LogP contribution < -0.4 is 5.46 Å². The molecule has 0 spiro atoms. The van der Waals surface area contributed by atoms with Crippen molar-refractivity contribution in [2.24, 2.45) is 0 Å². The van der Waals surface area contributed by atoms with E-state index in [-0.39, 0.29) is 6.42 Å². The minimum Gasteiger partial charge on any atom is -0.399 e. The van der Waals surface area contributed by atoms with Crippen molar-refractivity contribution in [3.05, 3.63) is 71.3 Å². The second-order valence-electron chi connectivity index (χ2n) is 8.41. The molecule has 0 bridgehead atoms. The van der Waals surface area contributed by atoms with Gasteiger partial charge in [0.05, 0.1) is 11.2 Å². The Bertz CT molecular complexity index is 1060. The summed E-state index contributed by atoms with van der Waals surface area (Å²) in [5, 5.41) is 0.982. The standard InChI is InChI=1S/C22H21BF3NO2/c1-21(2)22(3,4)29-23(28-21)19-6-5-14-10-17(27-12-18(14)20(19)26)9-13-7-15(24)11-16(25)8-13/h5-8,10-12H,9H2,1-4H3. The first-order valence-electron chi connectivity index (χ1n) is 9.43. The summed E-state index contributed by atoms with van der Waals surface area (Å²) >= 11 is 0. The minimum atomic E-state index is -0.806. The molecular formula is C22H21BF3NO2. The first kappa shape index (κ1) is 19.9. The van der Waals surface area contributed by atoms with Gasteiger partial charge in [0.2, 0.25) is 0 Å². The average molecular weight is 399 g/mol. The second kappa shape index (κ2) is 6.85. The van der Waals surface area contributed by atoms with E-state index in [9.17, 15) is 8.78 Å². The predicted octanol–water partition coefficient (Wildman–Crippen LogP) is 4.54. The molecule has 150 valence electrons. The van der Waals surface area contributed by atoms with Crippen LogP contribution in [0.2, 0.25) is 0 Å². The van der Waals surface area contributed by atoms with E-state index in [2.05, 4.69) is 4.98 Å². The Kier molecular flexibility index (Phi) is 4.71. The molecule has 2 aromatic carbocycles. The molecule has 29 heavy (non-hydrogen) atoms. The summed E-state index contributed by atoms with van der Waals surface area (Å²) in [5.74, 6) is -1.73. The SMILES string of the molecule is CC1(C)OB(c2ccc3cc(Cc4cc(F)cc(F)c4)ncc3c2F)OC1(C)C. The van der Waals surface area contributed by atoms with Crippen molar-refractivity contribution in [1.82, 2.24) is 4.98 Å². The molecule has 3 aromatic rings. The van der Waals surface area contributed by atoms with Gasteiger partial charge in [-0.3, -0.25) is 4.98 Å². The Morgan fingerprint density at radius 1 is 0.897 bits per heavy atom. The Morgan fingerprint density at radius 2 is 1.52 bits per heavy atom. The third-order valence-electron chi connectivity index (χ3n) is 5.74. The topological polar surface area (TPSA) is 31.4 Å². The van der Waals surface area contributed by atoms with E-state index in [1.165, 1.54) is 18.3 Å². The molecule has 0 radical (unpaired) electrons. The lowest BCUT2D eigenvalue weighted by atomic mass is 9.77. The molecule has 0 atom stereocenters. The van der Waals surface area contributed by atoms with E-state index in [1.807, 2.05) is 27.7 Å². The van der Waals surface area contributed by atoms with Crippen LogP contribution in [0.25, 0.3) is 10.8 Å².